The van der Waals surface area contributed by atoms with Crippen LogP contribution in [0.2, 0.25) is 0 Å². The van der Waals surface area contributed by atoms with Crippen molar-refractivity contribution in [3.8, 4) is 11.3 Å². The van der Waals surface area contributed by atoms with E-state index in [2.05, 4.69) is 55.4 Å². The molecule has 0 fully saturated rings. The highest BCUT2D eigenvalue weighted by Crippen LogP contribution is 2.30. The van der Waals surface area contributed by atoms with Gasteiger partial charge in [-0.3, -0.25) is 0 Å². The van der Waals surface area contributed by atoms with E-state index >= 15 is 0 Å². The lowest BCUT2D eigenvalue weighted by Gasteiger charge is -2.16. The molecule has 0 amide bonds. The molecule has 90 valence electrons. The van der Waals surface area contributed by atoms with Gasteiger partial charge in [-0.1, -0.05) is 51.1 Å². The molecule has 1 heterocycles. The molecule has 0 saturated carbocycles. The molecule has 0 atom stereocenters. The summed E-state index contributed by atoms with van der Waals surface area (Å²) in [5.41, 5.74) is 2.30. The minimum atomic E-state index is 0.304. The largest absolute Gasteiger partial charge is 0.240 e. The highest BCUT2D eigenvalue weighted by Gasteiger charge is 2.12. The third-order valence-electron chi connectivity index (χ3n) is 2.25. The molecule has 2 rings (SSSR count). The summed E-state index contributed by atoms with van der Waals surface area (Å²) >= 11 is 3.70. The quantitative estimate of drug-likeness (QED) is 0.785. The van der Waals surface area contributed by atoms with Gasteiger partial charge < -0.3 is 0 Å². The molecule has 0 bridgehead atoms. The number of nitrogens with zero attached hydrogens (tertiary/aromatic N) is 1. The number of hydrogen-bond donors (Lipinski definition) is 0. The van der Waals surface area contributed by atoms with Crippen LogP contribution in [0.25, 0.3) is 11.3 Å². The summed E-state index contributed by atoms with van der Waals surface area (Å²) in [4.78, 5) is 4.68. The summed E-state index contributed by atoms with van der Waals surface area (Å²) < 4.78 is 0.304. The van der Waals surface area contributed by atoms with Crippen LogP contribution in [0.1, 0.15) is 25.8 Å². The number of hydrogen-bond acceptors (Lipinski definition) is 3. The first-order valence-electron chi connectivity index (χ1n) is 5.68. The lowest BCUT2D eigenvalue weighted by Crippen LogP contribution is -2.07. The molecule has 3 heteroatoms. The predicted molar refractivity (Wildman–Crippen MR) is 78.6 cm³/mol. The Morgan fingerprint density at radius 2 is 1.88 bits per heavy atom. The summed E-state index contributed by atoms with van der Waals surface area (Å²) in [6, 6.07) is 10.4. The Labute approximate surface area is 111 Å². The van der Waals surface area contributed by atoms with Gasteiger partial charge in [-0.05, 0) is 0 Å². The van der Waals surface area contributed by atoms with Crippen LogP contribution in [0.5, 0.6) is 0 Å². The number of thioether (sulfide) groups is 1. The number of rotatable bonds is 3. The fourth-order valence-corrected chi connectivity index (χ4v) is 3.05. The topological polar surface area (TPSA) is 12.9 Å². The van der Waals surface area contributed by atoms with E-state index < -0.39 is 0 Å². The predicted octanol–water partition coefficient (Wildman–Crippen LogP) is 4.84. The number of thiazole rings is 1. The minimum Gasteiger partial charge on any atom is -0.240 e. The number of benzene rings is 1. The molecule has 1 aromatic carbocycles. The van der Waals surface area contributed by atoms with Crippen LogP contribution in [0, 0.1) is 0 Å². The number of aromatic nitrogens is 1. The SMILES string of the molecule is CC(C)(C)SCc1nc(-c2ccccc2)cs1. The van der Waals surface area contributed by atoms with E-state index in [9.17, 15) is 0 Å². The monoisotopic (exact) mass is 263 g/mol. The maximum Gasteiger partial charge on any atom is 0.103 e. The Kier molecular flexibility index (Phi) is 3.89. The van der Waals surface area contributed by atoms with Gasteiger partial charge in [0.25, 0.3) is 0 Å². The van der Waals surface area contributed by atoms with E-state index in [1.54, 1.807) is 11.3 Å². The van der Waals surface area contributed by atoms with Crippen molar-refractivity contribution in [2.45, 2.75) is 31.3 Å². The van der Waals surface area contributed by atoms with Crippen LogP contribution >= 0.6 is 23.1 Å². The molecule has 0 radical (unpaired) electrons. The maximum absolute atomic E-state index is 4.68. The second kappa shape index (κ2) is 5.23. The van der Waals surface area contributed by atoms with Crippen molar-refractivity contribution in [2.75, 3.05) is 0 Å². The molecular weight excluding hydrogens is 246 g/mol. The van der Waals surface area contributed by atoms with Crippen LogP contribution in [-0.4, -0.2) is 9.73 Å². The van der Waals surface area contributed by atoms with E-state index in [-0.39, 0.29) is 0 Å². The summed E-state index contributed by atoms with van der Waals surface area (Å²) in [5, 5.41) is 3.36. The Morgan fingerprint density at radius 1 is 1.18 bits per heavy atom. The zero-order valence-corrected chi connectivity index (χ0v) is 12.1. The van der Waals surface area contributed by atoms with Crippen LogP contribution in [0.15, 0.2) is 35.7 Å². The van der Waals surface area contributed by atoms with Gasteiger partial charge in [0.15, 0.2) is 0 Å². The summed E-state index contributed by atoms with van der Waals surface area (Å²) in [6.07, 6.45) is 0. The van der Waals surface area contributed by atoms with Crippen LogP contribution in [0.4, 0.5) is 0 Å². The highest BCUT2D eigenvalue weighted by molar-refractivity contribution is 7.99. The first kappa shape index (κ1) is 12.7. The summed E-state index contributed by atoms with van der Waals surface area (Å²) in [6.45, 7) is 6.72. The van der Waals surface area contributed by atoms with Gasteiger partial charge in [0.2, 0.25) is 0 Å². The second-order valence-electron chi connectivity index (χ2n) is 4.89. The maximum atomic E-state index is 4.68. The Bertz CT molecular complexity index is 468. The van der Waals surface area contributed by atoms with E-state index in [1.807, 2.05) is 17.8 Å². The summed E-state index contributed by atoms with van der Waals surface area (Å²) in [7, 11) is 0. The first-order valence-corrected chi connectivity index (χ1v) is 7.55. The molecule has 0 aliphatic heterocycles. The highest BCUT2D eigenvalue weighted by atomic mass is 32.2. The first-order chi connectivity index (χ1) is 8.04. The molecule has 0 aliphatic rings. The molecule has 1 aromatic heterocycles. The Hall–Kier alpha value is -0.800. The standard InChI is InChI=1S/C14H17NS2/c1-14(2,3)17-10-13-15-12(9-16-13)11-7-5-4-6-8-11/h4-9H,10H2,1-3H3. The van der Waals surface area contributed by atoms with E-state index in [0.717, 1.165) is 11.4 Å². The second-order valence-corrected chi connectivity index (χ2v) is 7.64. The molecule has 0 aliphatic carbocycles. The molecule has 0 unspecified atom stereocenters. The van der Waals surface area contributed by atoms with Crippen molar-refractivity contribution >= 4 is 23.1 Å². The molecule has 0 saturated heterocycles. The fourth-order valence-electron chi connectivity index (χ4n) is 1.40. The Balaban J connectivity index is 2.07. The molecule has 17 heavy (non-hydrogen) atoms. The fraction of sp³-hybridized carbons (Fsp3) is 0.357. The van der Waals surface area contributed by atoms with Gasteiger partial charge in [0.05, 0.1) is 5.69 Å². The molecule has 2 aromatic rings. The van der Waals surface area contributed by atoms with Gasteiger partial charge in [-0.15, -0.1) is 23.1 Å². The lowest BCUT2D eigenvalue weighted by atomic mass is 10.2. The lowest BCUT2D eigenvalue weighted by molar-refractivity contribution is 0.802. The van der Waals surface area contributed by atoms with Crippen molar-refractivity contribution in [3.63, 3.8) is 0 Å². The van der Waals surface area contributed by atoms with E-state index in [1.165, 1.54) is 10.6 Å². The average Bonchev–Trinajstić information content (AvgIpc) is 2.75. The normalized spacial score (nSPS) is 11.7. The van der Waals surface area contributed by atoms with Gasteiger partial charge in [-0.25, -0.2) is 4.98 Å². The van der Waals surface area contributed by atoms with Gasteiger partial charge in [0, 0.05) is 21.4 Å². The van der Waals surface area contributed by atoms with Gasteiger partial charge in [-0.2, -0.15) is 0 Å². The average molecular weight is 263 g/mol. The Morgan fingerprint density at radius 3 is 2.53 bits per heavy atom. The summed E-state index contributed by atoms with van der Waals surface area (Å²) in [5.74, 6) is 1.00. The molecule has 0 spiro atoms. The van der Waals surface area contributed by atoms with Crippen molar-refractivity contribution in [2.24, 2.45) is 0 Å². The van der Waals surface area contributed by atoms with Gasteiger partial charge in [0.1, 0.15) is 5.01 Å². The van der Waals surface area contributed by atoms with Crippen LogP contribution in [0.3, 0.4) is 0 Å². The van der Waals surface area contributed by atoms with Crippen LogP contribution in [-0.2, 0) is 5.75 Å². The molecule has 1 nitrogen and oxygen atoms in total. The third-order valence-corrected chi connectivity index (χ3v) is 4.57. The zero-order valence-electron chi connectivity index (χ0n) is 10.4. The van der Waals surface area contributed by atoms with Crippen molar-refractivity contribution in [1.82, 2.24) is 4.98 Å². The van der Waals surface area contributed by atoms with Gasteiger partial charge >= 0.3 is 0 Å². The molecular formula is C14H17NS2. The van der Waals surface area contributed by atoms with E-state index in [4.69, 9.17) is 0 Å². The van der Waals surface area contributed by atoms with Crippen molar-refractivity contribution in [3.05, 3.63) is 40.7 Å². The van der Waals surface area contributed by atoms with E-state index in [0.29, 0.717) is 4.75 Å². The van der Waals surface area contributed by atoms with Crippen molar-refractivity contribution in [1.29, 1.82) is 0 Å². The van der Waals surface area contributed by atoms with Crippen molar-refractivity contribution < 1.29 is 0 Å². The third kappa shape index (κ3) is 3.86. The van der Waals surface area contributed by atoms with Crippen LogP contribution < -0.4 is 0 Å². The smallest absolute Gasteiger partial charge is 0.103 e. The molecule has 0 N–H and O–H groups in total. The zero-order chi connectivity index (χ0) is 12.3. The minimum absolute atomic E-state index is 0.304.